The number of carbonyl (C=O) groups is 2. The van der Waals surface area contributed by atoms with E-state index >= 15 is 0 Å². The van der Waals surface area contributed by atoms with Crippen LogP contribution in [-0.4, -0.2) is 47.1 Å². The Morgan fingerprint density at radius 2 is 1.77 bits per heavy atom. The number of fused-ring (bicyclic) bond motifs is 3. The summed E-state index contributed by atoms with van der Waals surface area (Å²) in [5.74, 6) is 1.02. The number of aromatic nitrogens is 1. The van der Waals surface area contributed by atoms with Gasteiger partial charge in [-0.25, -0.2) is 0 Å². The first-order valence-corrected chi connectivity index (χ1v) is 12.3. The lowest BCUT2D eigenvalue weighted by Crippen LogP contribution is -2.64. The van der Waals surface area contributed by atoms with Gasteiger partial charge in [-0.15, -0.1) is 0 Å². The van der Waals surface area contributed by atoms with Crippen molar-refractivity contribution < 1.29 is 19.1 Å². The molecule has 5 rings (SSSR count). The van der Waals surface area contributed by atoms with Gasteiger partial charge in [0.05, 0.1) is 26.3 Å². The molecule has 0 spiro atoms. The van der Waals surface area contributed by atoms with Crippen molar-refractivity contribution in [3.63, 3.8) is 0 Å². The Morgan fingerprint density at radius 3 is 2.46 bits per heavy atom. The van der Waals surface area contributed by atoms with Crippen LogP contribution in [0.1, 0.15) is 54.2 Å². The molecule has 1 aromatic heterocycles. The molecule has 1 saturated carbocycles. The zero-order valence-electron chi connectivity index (χ0n) is 20.9. The van der Waals surface area contributed by atoms with Crippen LogP contribution in [0, 0.1) is 6.92 Å². The van der Waals surface area contributed by atoms with Crippen molar-refractivity contribution in [2.45, 2.75) is 64.2 Å². The summed E-state index contributed by atoms with van der Waals surface area (Å²) in [4.78, 5) is 29.7. The molecule has 0 unspecified atom stereocenters. The minimum Gasteiger partial charge on any atom is -0.496 e. The number of hydrogen-bond donors (Lipinski definition) is 1. The van der Waals surface area contributed by atoms with E-state index in [0.717, 1.165) is 47.7 Å². The highest BCUT2D eigenvalue weighted by molar-refractivity contribution is 6.06. The van der Waals surface area contributed by atoms with Gasteiger partial charge in [-0.2, -0.15) is 0 Å². The summed E-state index contributed by atoms with van der Waals surface area (Å²) in [5, 5.41) is 4.06. The molecule has 2 aliphatic rings. The highest BCUT2D eigenvalue weighted by Gasteiger charge is 2.48. The second kappa shape index (κ2) is 8.95. The number of benzene rings is 2. The summed E-state index contributed by atoms with van der Waals surface area (Å²) in [7, 11) is 3.23. The highest BCUT2D eigenvalue weighted by Crippen LogP contribution is 2.40. The second-order valence-electron chi connectivity index (χ2n) is 9.89. The minimum absolute atomic E-state index is 0.110. The fourth-order valence-corrected chi connectivity index (χ4v) is 5.57. The molecule has 7 nitrogen and oxygen atoms in total. The first-order valence-electron chi connectivity index (χ1n) is 12.3. The Labute approximate surface area is 206 Å². The average molecular weight is 476 g/mol. The van der Waals surface area contributed by atoms with E-state index in [1.54, 1.807) is 19.1 Å². The zero-order chi connectivity index (χ0) is 24.7. The molecule has 0 saturated heterocycles. The molecule has 0 bridgehead atoms. The lowest BCUT2D eigenvalue weighted by molar-refractivity contribution is -0.133. The Hall–Kier alpha value is -3.48. The smallest absolute Gasteiger partial charge is 0.271 e. The SMILES string of the molecule is COc1ccc(OC)c2c1cc1n2C[C@](C)(C(=O)NC2CCCC2)N(Cc2ccccc2C)C1=O. The second-order valence-corrected chi connectivity index (χ2v) is 9.89. The van der Waals surface area contributed by atoms with Gasteiger partial charge in [0.2, 0.25) is 5.91 Å². The average Bonchev–Trinajstić information content (AvgIpc) is 3.50. The number of ether oxygens (including phenoxy) is 2. The fraction of sp³-hybridized carbons (Fsp3) is 0.429. The van der Waals surface area contributed by atoms with E-state index in [-0.39, 0.29) is 17.9 Å². The molecule has 1 aliphatic carbocycles. The van der Waals surface area contributed by atoms with Crippen LogP contribution in [0.4, 0.5) is 0 Å². The number of amides is 2. The monoisotopic (exact) mass is 475 g/mol. The van der Waals surface area contributed by atoms with Crippen LogP contribution in [0.5, 0.6) is 11.5 Å². The van der Waals surface area contributed by atoms with Crippen LogP contribution in [0.2, 0.25) is 0 Å². The first-order chi connectivity index (χ1) is 16.9. The van der Waals surface area contributed by atoms with Crippen molar-refractivity contribution in [2.75, 3.05) is 14.2 Å². The van der Waals surface area contributed by atoms with E-state index < -0.39 is 5.54 Å². The normalized spacial score (nSPS) is 20.2. The molecular formula is C28H33N3O4. The van der Waals surface area contributed by atoms with E-state index in [0.29, 0.717) is 30.3 Å². The predicted octanol–water partition coefficient (Wildman–Crippen LogP) is 4.44. The van der Waals surface area contributed by atoms with Gasteiger partial charge in [0.1, 0.15) is 22.7 Å². The lowest BCUT2D eigenvalue weighted by Gasteiger charge is -2.44. The van der Waals surface area contributed by atoms with E-state index in [4.69, 9.17) is 9.47 Å². The summed E-state index contributed by atoms with van der Waals surface area (Å²) in [6.07, 6.45) is 4.21. The van der Waals surface area contributed by atoms with Crippen molar-refractivity contribution in [3.8, 4) is 11.5 Å². The Bertz CT molecular complexity index is 1290. The third kappa shape index (κ3) is 3.83. The molecule has 2 amide bonds. The molecule has 7 heteroatoms. The van der Waals surface area contributed by atoms with Crippen molar-refractivity contribution >= 4 is 22.7 Å². The van der Waals surface area contributed by atoms with Gasteiger partial charge < -0.3 is 24.3 Å². The summed E-state index contributed by atoms with van der Waals surface area (Å²) in [6.45, 7) is 4.60. The first kappa shape index (κ1) is 23.3. The van der Waals surface area contributed by atoms with Crippen LogP contribution in [0.25, 0.3) is 10.9 Å². The van der Waals surface area contributed by atoms with Crippen molar-refractivity contribution in [2.24, 2.45) is 0 Å². The van der Waals surface area contributed by atoms with Crippen LogP contribution in [0.15, 0.2) is 42.5 Å². The quantitative estimate of drug-likeness (QED) is 0.572. The molecule has 2 heterocycles. The topological polar surface area (TPSA) is 72.8 Å². The van der Waals surface area contributed by atoms with E-state index in [1.165, 1.54) is 0 Å². The molecule has 1 aliphatic heterocycles. The van der Waals surface area contributed by atoms with Gasteiger partial charge in [0.15, 0.2) is 0 Å². The fourth-order valence-electron chi connectivity index (χ4n) is 5.57. The summed E-state index contributed by atoms with van der Waals surface area (Å²) in [6, 6.07) is 13.7. The van der Waals surface area contributed by atoms with Gasteiger partial charge in [-0.05, 0) is 56.0 Å². The number of nitrogens with one attached hydrogen (secondary N) is 1. The molecule has 184 valence electrons. The van der Waals surface area contributed by atoms with Crippen LogP contribution < -0.4 is 14.8 Å². The molecule has 35 heavy (non-hydrogen) atoms. The van der Waals surface area contributed by atoms with Gasteiger partial charge in [0.25, 0.3) is 5.91 Å². The lowest BCUT2D eigenvalue weighted by atomic mass is 9.92. The Kier molecular flexibility index (Phi) is 5.95. The zero-order valence-corrected chi connectivity index (χ0v) is 20.9. The summed E-state index contributed by atoms with van der Waals surface area (Å²) < 4.78 is 13.2. The molecule has 3 aromatic rings. The molecule has 1 N–H and O–H groups in total. The number of aryl methyl sites for hydroxylation is 1. The standard InChI is InChI=1S/C28H33N3O4/c1-18-9-5-6-10-19(18)16-31-26(32)22-15-21-23(34-3)13-14-24(35-4)25(21)30(22)17-28(31,2)27(33)29-20-11-7-8-12-20/h5-6,9-10,13-15,20H,7-8,11-12,16-17H2,1-4H3,(H,29,33)/t28-/m1/s1. The van der Waals surface area contributed by atoms with Crippen molar-refractivity contribution in [1.82, 2.24) is 14.8 Å². The van der Waals surface area contributed by atoms with Gasteiger partial charge in [0, 0.05) is 18.0 Å². The number of hydrogen-bond acceptors (Lipinski definition) is 4. The number of rotatable bonds is 6. The van der Waals surface area contributed by atoms with E-state index in [2.05, 4.69) is 5.32 Å². The third-order valence-electron chi connectivity index (χ3n) is 7.72. The Morgan fingerprint density at radius 1 is 1.09 bits per heavy atom. The van der Waals surface area contributed by atoms with Gasteiger partial charge in [-0.1, -0.05) is 37.1 Å². The molecular weight excluding hydrogens is 442 g/mol. The number of carbonyl (C=O) groups excluding carboxylic acids is 2. The highest BCUT2D eigenvalue weighted by atomic mass is 16.5. The van der Waals surface area contributed by atoms with Crippen molar-refractivity contribution in [1.29, 1.82) is 0 Å². The Balaban J connectivity index is 1.65. The van der Waals surface area contributed by atoms with Gasteiger partial charge >= 0.3 is 0 Å². The van der Waals surface area contributed by atoms with Crippen LogP contribution in [-0.2, 0) is 17.9 Å². The maximum absolute atomic E-state index is 14.1. The van der Waals surface area contributed by atoms with E-state index in [1.807, 2.05) is 60.9 Å². The minimum atomic E-state index is -1.07. The number of nitrogens with zero attached hydrogens (tertiary/aromatic N) is 2. The maximum Gasteiger partial charge on any atom is 0.271 e. The third-order valence-corrected chi connectivity index (χ3v) is 7.72. The molecule has 2 aromatic carbocycles. The molecule has 1 atom stereocenters. The number of methoxy groups -OCH3 is 2. The van der Waals surface area contributed by atoms with Crippen LogP contribution >= 0.6 is 0 Å². The van der Waals surface area contributed by atoms with Crippen LogP contribution in [0.3, 0.4) is 0 Å². The molecule has 0 radical (unpaired) electrons. The largest absolute Gasteiger partial charge is 0.496 e. The predicted molar refractivity (Wildman–Crippen MR) is 135 cm³/mol. The maximum atomic E-state index is 14.1. The van der Waals surface area contributed by atoms with E-state index in [9.17, 15) is 9.59 Å². The van der Waals surface area contributed by atoms with Crippen molar-refractivity contribution in [3.05, 3.63) is 59.3 Å². The summed E-state index contributed by atoms with van der Waals surface area (Å²) >= 11 is 0. The van der Waals surface area contributed by atoms with Gasteiger partial charge in [-0.3, -0.25) is 9.59 Å². The molecule has 1 fully saturated rings. The summed E-state index contributed by atoms with van der Waals surface area (Å²) in [5.41, 5.74) is 2.34.